The van der Waals surface area contributed by atoms with Gasteiger partial charge in [0.15, 0.2) is 0 Å². The van der Waals surface area contributed by atoms with Gasteiger partial charge < -0.3 is 9.64 Å². The van der Waals surface area contributed by atoms with Crippen molar-refractivity contribution in [1.29, 1.82) is 0 Å². The topological polar surface area (TPSA) is 29.5 Å². The van der Waals surface area contributed by atoms with E-state index in [4.69, 9.17) is 4.74 Å². The van der Waals surface area contributed by atoms with E-state index in [2.05, 4.69) is 15.9 Å². The Hall–Kier alpha value is -0.870. The SMILES string of the molecule is Cc1ccc(C(=O)N(CC2CC2)CC2CCCO2)cc1Br. The summed E-state index contributed by atoms with van der Waals surface area (Å²) in [6, 6.07) is 5.86. The quantitative estimate of drug-likeness (QED) is 0.807. The molecule has 0 aromatic heterocycles. The largest absolute Gasteiger partial charge is 0.376 e. The molecule has 1 saturated carbocycles. The predicted octanol–water partition coefficient (Wildman–Crippen LogP) is 3.79. The predicted molar refractivity (Wildman–Crippen MR) is 86.5 cm³/mol. The van der Waals surface area contributed by atoms with Crippen LogP contribution in [0.1, 0.15) is 41.6 Å². The summed E-state index contributed by atoms with van der Waals surface area (Å²) in [5.41, 5.74) is 1.92. The molecule has 1 aliphatic carbocycles. The average Bonchev–Trinajstić information content (AvgIpc) is 3.14. The van der Waals surface area contributed by atoms with Gasteiger partial charge in [-0.2, -0.15) is 0 Å². The highest BCUT2D eigenvalue weighted by Crippen LogP contribution is 2.31. The number of amides is 1. The second-order valence-corrected chi connectivity index (χ2v) is 7.11. The van der Waals surface area contributed by atoms with Crippen LogP contribution in [0.2, 0.25) is 0 Å². The summed E-state index contributed by atoms with van der Waals surface area (Å²) in [4.78, 5) is 14.8. The first-order valence-corrected chi connectivity index (χ1v) is 8.60. The average molecular weight is 352 g/mol. The number of nitrogens with zero attached hydrogens (tertiary/aromatic N) is 1. The maximum atomic E-state index is 12.8. The Balaban J connectivity index is 1.73. The fourth-order valence-corrected chi connectivity index (χ4v) is 3.17. The van der Waals surface area contributed by atoms with E-state index in [0.29, 0.717) is 5.92 Å². The third-order valence-electron chi connectivity index (χ3n) is 4.33. The van der Waals surface area contributed by atoms with E-state index in [1.807, 2.05) is 30.0 Å². The van der Waals surface area contributed by atoms with Gasteiger partial charge in [0.2, 0.25) is 0 Å². The second kappa shape index (κ2) is 6.49. The maximum absolute atomic E-state index is 12.8. The van der Waals surface area contributed by atoms with Crippen molar-refractivity contribution in [2.45, 2.75) is 38.7 Å². The molecule has 1 amide bonds. The third-order valence-corrected chi connectivity index (χ3v) is 5.18. The molecule has 1 aromatic rings. The molecule has 1 saturated heterocycles. The van der Waals surface area contributed by atoms with Crippen LogP contribution in [0, 0.1) is 12.8 Å². The molecule has 0 bridgehead atoms. The molecule has 114 valence electrons. The number of aryl methyl sites for hydroxylation is 1. The molecule has 3 rings (SSSR count). The molecule has 0 spiro atoms. The molecule has 0 radical (unpaired) electrons. The molecule has 3 nitrogen and oxygen atoms in total. The standard InChI is InChI=1S/C17H22BrNO2/c1-12-4-7-14(9-16(12)18)17(20)19(10-13-5-6-13)11-15-3-2-8-21-15/h4,7,9,13,15H,2-3,5-6,8,10-11H2,1H3. The van der Waals surface area contributed by atoms with E-state index >= 15 is 0 Å². The highest BCUT2D eigenvalue weighted by Gasteiger charge is 2.30. The molecule has 1 aromatic carbocycles. The van der Waals surface area contributed by atoms with E-state index in [-0.39, 0.29) is 12.0 Å². The summed E-state index contributed by atoms with van der Waals surface area (Å²) in [5, 5.41) is 0. The molecule has 1 heterocycles. The van der Waals surface area contributed by atoms with Crippen LogP contribution in [0.15, 0.2) is 22.7 Å². The van der Waals surface area contributed by atoms with Crippen LogP contribution in [0.3, 0.4) is 0 Å². The maximum Gasteiger partial charge on any atom is 0.253 e. The van der Waals surface area contributed by atoms with Crippen LogP contribution >= 0.6 is 15.9 Å². The molecule has 21 heavy (non-hydrogen) atoms. The van der Waals surface area contributed by atoms with Gasteiger partial charge in [0, 0.05) is 29.7 Å². The molecular formula is C17H22BrNO2. The van der Waals surface area contributed by atoms with E-state index < -0.39 is 0 Å². The van der Waals surface area contributed by atoms with Gasteiger partial charge in [0.1, 0.15) is 0 Å². The first kappa shape index (κ1) is 15.0. The lowest BCUT2D eigenvalue weighted by molar-refractivity contribution is 0.0515. The van der Waals surface area contributed by atoms with Gasteiger partial charge in [0.05, 0.1) is 6.10 Å². The van der Waals surface area contributed by atoms with E-state index in [1.165, 1.54) is 12.8 Å². The van der Waals surface area contributed by atoms with Gasteiger partial charge in [-0.15, -0.1) is 0 Å². The molecular weight excluding hydrogens is 330 g/mol. The number of halogens is 1. The first-order chi connectivity index (χ1) is 10.1. The van der Waals surface area contributed by atoms with E-state index in [9.17, 15) is 4.79 Å². The second-order valence-electron chi connectivity index (χ2n) is 6.25. The van der Waals surface area contributed by atoms with Crippen molar-refractivity contribution in [1.82, 2.24) is 4.90 Å². The number of rotatable bonds is 5. The molecule has 1 atom stereocenters. The van der Waals surface area contributed by atoms with E-state index in [1.54, 1.807) is 0 Å². The number of hydrogen-bond acceptors (Lipinski definition) is 2. The van der Waals surface area contributed by atoms with Gasteiger partial charge in [-0.25, -0.2) is 0 Å². The van der Waals surface area contributed by atoms with Gasteiger partial charge in [-0.05, 0) is 56.2 Å². The minimum atomic E-state index is 0.137. The summed E-state index contributed by atoms with van der Waals surface area (Å²) >= 11 is 3.52. The molecule has 2 aliphatic rings. The summed E-state index contributed by atoms with van der Waals surface area (Å²) in [6.07, 6.45) is 4.93. The molecule has 2 fully saturated rings. The Morgan fingerprint density at radius 1 is 1.33 bits per heavy atom. The van der Waals surface area contributed by atoms with Crippen molar-refractivity contribution in [2.24, 2.45) is 5.92 Å². The minimum Gasteiger partial charge on any atom is -0.376 e. The van der Waals surface area contributed by atoms with Crippen molar-refractivity contribution < 1.29 is 9.53 Å². The number of carbonyl (C=O) groups is 1. The fourth-order valence-electron chi connectivity index (χ4n) is 2.80. The van der Waals surface area contributed by atoms with Gasteiger partial charge in [0.25, 0.3) is 5.91 Å². The Kier molecular flexibility index (Phi) is 4.65. The van der Waals surface area contributed by atoms with Crippen LogP contribution in [-0.4, -0.2) is 36.6 Å². The summed E-state index contributed by atoms with van der Waals surface area (Å²) < 4.78 is 6.71. The molecule has 1 aliphatic heterocycles. The van der Waals surface area contributed by atoms with Gasteiger partial charge in [-0.3, -0.25) is 4.79 Å². The summed E-state index contributed by atoms with van der Waals surface area (Å²) in [6.45, 7) is 4.49. The fraction of sp³-hybridized carbons (Fsp3) is 0.588. The number of carbonyl (C=O) groups excluding carboxylic acids is 1. The number of hydrogen-bond donors (Lipinski definition) is 0. The lowest BCUT2D eigenvalue weighted by Gasteiger charge is -2.25. The van der Waals surface area contributed by atoms with Gasteiger partial charge in [-0.1, -0.05) is 22.0 Å². The van der Waals surface area contributed by atoms with Crippen LogP contribution in [-0.2, 0) is 4.74 Å². The Morgan fingerprint density at radius 3 is 2.76 bits per heavy atom. The van der Waals surface area contributed by atoms with Crippen molar-refractivity contribution in [3.05, 3.63) is 33.8 Å². The molecule has 1 unspecified atom stereocenters. The summed E-state index contributed by atoms with van der Waals surface area (Å²) in [5.74, 6) is 0.836. The van der Waals surface area contributed by atoms with Crippen molar-refractivity contribution >= 4 is 21.8 Å². The number of ether oxygens (including phenoxy) is 1. The first-order valence-electron chi connectivity index (χ1n) is 7.80. The lowest BCUT2D eigenvalue weighted by atomic mass is 10.1. The zero-order chi connectivity index (χ0) is 14.8. The van der Waals surface area contributed by atoms with Crippen LogP contribution in [0.4, 0.5) is 0 Å². The smallest absolute Gasteiger partial charge is 0.253 e. The molecule has 0 N–H and O–H groups in total. The number of benzene rings is 1. The van der Waals surface area contributed by atoms with Crippen LogP contribution in [0.5, 0.6) is 0 Å². The Bertz CT molecular complexity index is 522. The normalized spacial score (nSPS) is 21.5. The molecule has 4 heteroatoms. The van der Waals surface area contributed by atoms with Crippen LogP contribution in [0.25, 0.3) is 0 Å². The minimum absolute atomic E-state index is 0.137. The Labute approximate surface area is 134 Å². The van der Waals surface area contributed by atoms with E-state index in [0.717, 1.165) is 48.1 Å². The van der Waals surface area contributed by atoms with Crippen molar-refractivity contribution in [3.63, 3.8) is 0 Å². The zero-order valence-corrected chi connectivity index (χ0v) is 14.1. The van der Waals surface area contributed by atoms with Crippen molar-refractivity contribution in [2.75, 3.05) is 19.7 Å². The lowest BCUT2D eigenvalue weighted by Crippen LogP contribution is -2.38. The highest BCUT2D eigenvalue weighted by atomic mass is 79.9. The van der Waals surface area contributed by atoms with Crippen molar-refractivity contribution in [3.8, 4) is 0 Å². The van der Waals surface area contributed by atoms with Crippen LogP contribution < -0.4 is 0 Å². The highest BCUT2D eigenvalue weighted by molar-refractivity contribution is 9.10. The third kappa shape index (κ3) is 3.86. The Morgan fingerprint density at radius 2 is 2.14 bits per heavy atom. The zero-order valence-electron chi connectivity index (χ0n) is 12.5. The monoisotopic (exact) mass is 351 g/mol. The van der Waals surface area contributed by atoms with Gasteiger partial charge >= 0.3 is 0 Å². The summed E-state index contributed by atoms with van der Waals surface area (Å²) in [7, 11) is 0.